The van der Waals surface area contributed by atoms with Crippen LogP contribution in [-0.4, -0.2) is 24.3 Å². The topological polar surface area (TPSA) is 55.8 Å². The number of hydrogen-bond donors (Lipinski definition) is 1. The Bertz CT molecular complexity index is 495. The number of hydrogen-bond acceptors (Lipinski definition) is 3. The second-order valence-electron chi connectivity index (χ2n) is 5.12. The van der Waals surface area contributed by atoms with Crippen LogP contribution in [0.15, 0.2) is 12.1 Å². The molecular weight excluding hydrogens is 280 g/mol. The molecule has 0 aromatic heterocycles. The van der Waals surface area contributed by atoms with E-state index < -0.39 is 11.9 Å². The van der Waals surface area contributed by atoms with E-state index in [9.17, 15) is 4.79 Å². The van der Waals surface area contributed by atoms with E-state index in [0.717, 1.165) is 12.8 Å². The van der Waals surface area contributed by atoms with Gasteiger partial charge < -0.3 is 14.6 Å². The van der Waals surface area contributed by atoms with Gasteiger partial charge in [-0.25, -0.2) is 0 Å². The first-order valence-corrected chi connectivity index (χ1v) is 7.17. The molecule has 1 atom stereocenters. The van der Waals surface area contributed by atoms with Crippen molar-refractivity contribution in [1.29, 1.82) is 0 Å². The quantitative estimate of drug-likeness (QED) is 0.897. The van der Waals surface area contributed by atoms with E-state index in [2.05, 4.69) is 0 Å². The second kappa shape index (κ2) is 6.35. The number of carbonyl (C=O) groups is 1. The fourth-order valence-electron chi connectivity index (χ4n) is 2.42. The Kier molecular flexibility index (Phi) is 4.76. The maximum absolute atomic E-state index is 11.1. The molecule has 5 heteroatoms. The maximum Gasteiger partial charge on any atom is 0.310 e. The van der Waals surface area contributed by atoms with Crippen molar-refractivity contribution in [2.75, 3.05) is 7.11 Å². The minimum Gasteiger partial charge on any atom is -0.493 e. The van der Waals surface area contributed by atoms with Gasteiger partial charge in [0.05, 0.1) is 24.2 Å². The Labute approximate surface area is 123 Å². The van der Waals surface area contributed by atoms with Crippen LogP contribution in [0.1, 0.15) is 44.1 Å². The number of carboxylic acid groups (broad SMARTS) is 1. The van der Waals surface area contributed by atoms with Crippen molar-refractivity contribution in [2.45, 2.75) is 44.6 Å². The van der Waals surface area contributed by atoms with Gasteiger partial charge in [-0.1, -0.05) is 11.6 Å². The number of rotatable bonds is 5. The molecule has 4 nitrogen and oxygen atoms in total. The highest BCUT2D eigenvalue weighted by atomic mass is 35.5. The van der Waals surface area contributed by atoms with Gasteiger partial charge in [-0.05, 0) is 50.3 Å². The summed E-state index contributed by atoms with van der Waals surface area (Å²) in [5.74, 6) is -0.524. The van der Waals surface area contributed by atoms with Crippen molar-refractivity contribution in [1.82, 2.24) is 0 Å². The van der Waals surface area contributed by atoms with Gasteiger partial charge in [0.15, 0.2) is 11.5 Å². The van der Waals surface area contributed by atoms with Gasteiger partial charge >= 0.3 is 5.97 Å². The van der Waals surface area contributed by atoms with Gasteiger partial charge in [-0.3, -0.25) is 4.79 Å². The summed E-state index contributed by atoms with van der Waals surface area (Å²) in [7, 11) is 1.53. The first-order valence-electron chi connectivity index (χ1n) is 6.79. The summed E-state index contributed by atoms with van der Waals surface area (Å²) in [6, 6.07) is 3.34. The molecule has 1 N–H and O–H groups in total. The summed E-state index contributed by atoms with van der Waals surface area (Å²) < 4.78 is 11.2. The van der Waals surface area contributed by atoms with Crippen LogP contribution < -0.4 is 9.47 Å². The van der Waals surface area contributed by atoms with E-state index >= 15 is 0 Å². The largest absolute Gasteiger partial charge is 0.493 e. The average molecular weight is 299 g/mol. The lowest BCUT2D eigenvalue weighted by atomic mass is 10.0. The Hall–Kier alpha value is -1.42. The fraction of sp³-hybridized carbons (Fsp3) is 0.533. The summed E-state index contributed by atoms with van der Waals surface area (Å²) in [5.41, 5.74) is 0.609. The highest BCUT2D eigenvalue weighted by Gasteiger charge is 2.23. The van der Waals surface area contributed by atoms with Crippen molar-refractivity contribution in [3.05, 3.63) is 22.7 Å². The van der Waals surface area contributed by atoms with Gasteiger partial charge in [0, 0.05) is 0 Å². The lowest BCUT2D eigenvalue weighted by molar-refractivity contribution is -0.138. The molecule has 0 bridgehead atoms. The molecule has 1 aromatic carbocycles. The van der Waals surface area contributed by atoms with Gasteiger partial charge in [0.25, 0.3) is 0 Å². The third kappa shape index (κ3) is 3.18. The Morgan fingerprint density at radius 3 is 2.60 bits per heavy atom. The van der Waals surface area contributed by atoms with Gasteiger partial charge in [-0.15, -0.1) is 0 Å². The Balaban J connectivity index is 2.30. The molecule has 0 radical (unpaired) electrons. The lowest BCUT2D eigenvalue weighted by Gasteiger charge is -2.19. The van der Waals surface area contributed by atoms with Crippen LogP contribution in [0.25, 0.3) is 0 Å². The van der Waals surface area contributed by atoms with Crippen molar-refractivity contribution in [3.8, 4) is 11.5 Å². The minimum absolute atomic E-state index is 0.171. The third-order valence-corrected chi connectivity index (χ3v) is 3.99. The predicted molar refractivity (Wildman–Crippen MR) is 76.9 cm³/mol. The second-order valence-corrected chi connectivity index (χ2v) is 5.53. The highest BCUT2D eigenvalue weighted by Crippen LogP contribution is 2.40. The van der Waals surface area contributed by atoms with Crippen LogP contribution in [-0.2, 0) is 4.79 Å². The number of aliphatic carboxylic acids is 1. The van der Waals surface area contributed by atoms with Crippen LogP contribution in [0.4, 0.5) is 0 Å². The van der Waals surface area contributed by atoms with Crippen molar-refractivity contribution < 1.29 is 19.4 Å². The van der Waals surface area contributed by atoms with Gasteiger partial charge in [-0.2, -0.15) is 0 Å². The molecule has 0 aliphatic heterocycles. The zero-order valence-electron chi connectivity index (χ0n) is 11.7. The highest BCUT2D eigenvalue weighted by molar-refractivity contribution is 6.32. The summed E-state index contributed by atoms with van der Waals surface area (Å²) in [5, 5.41) is 9.48. The summed E-state index contributed by atoms with van der Waals surface area (Å²) in [6.07, 6.45) is 4.54. The van der Waals surface area contributed by atoms with Gasteiger partial charge in [0.2, 0.25) is 0 Å². The van der Waals surface area contributed by atoms with Crippen molar-refractivity contribution in [3.63, 3.8) is 0 Å². The molecule has 0 heterocycles. The molecule has 1 aliphatic rings. The normalized spacial score (nSPS) is 16.9. The first kappa shape index (κ1) is 15.0. The standard InChI is InChI=1S/C15H19ClO4/c1-9(15(17)18)10-7-12(16)14(13(8-10)19-2)20-11-5-3-4-6-11/h7-9,11H,3-6H2,1-2H3,(H,17,18). The lowest BCUT2D eigenvalue weighted by Crippen LogP contribution is -2.13. The molecule has 1 unspecified atom stereocenters. The molecule has 110 valence electrons. The number of benzene rings is 1. The molecule has 1 aliphatic carbocycles. The monoisotopic (exact) mass is 298 g/mol. The molecule has 20 heavy (non-hydrogen) atoms. The molecule has 0 saturated heterocycles. The smallest absolute Gasteiger partial charge is 0.310 e. The Morgan fingerprint density at radius 1 is 1.40 bits per heavy atom. The molecule has 1 aromatic rings. The summed E-state index contributed by atoms with van der Waals surface area (Å²) in [4.78, 5) is 11.1. The zero-order chi connectivity index (χ0) is 14.7. The molecule has 0 amide bonds. The number of ether oxygens (including phenoxy) is 2. The molecule has 1 saturated carbocycles. The van der Waals surface area contributed by atoms with Crippen LogP contribution in [0.2, 0.25) is 5.02 Å². The van der Waals surface area contributed by atoms with Crippen molar-refractivity contribution in [2.24, 2.45) is 0 Å². The van der Waals surface area contributed by atoms with E-state index in [1.165, 1.54) is 20.0 Å². The maximum atomic E-state index is 11.1. The zero-order valence-corrected chi connectivity index (χ0v) is 12.4. The number of carboxylic acids is 1. The molecule has 0 spiro atoms. The SMILES string of the molecule is COc1cc(C(C)C(=O)O)cc(Cl)c1OC1CCCC1. The molecule has 2 rings (SSSR count). The first-order chi connectivity index (χ1) is 9.52. The van der Waals surface area contributed by atoms with Crippen LogP contribution in [0, 0.1) is 0 Å². The van der Waals surface area contributed by atoms with Gasteiger partial charge in [0.1, 0.15) is 0 Å². The predicted octanol–water partition coefficient (Wildman–Crippen LogP) is 3.86. The van der Waals surface area contributed by atoms with Crippen LogP contribution in [0.5, 0.6) is 11.5 Å². The Morgan fingerprint density at radius 2 is 2.05 bits per heavy atom. The molecule has 1 fully saturated rings. The van der Waals surface area contributed by atoms with Crippen LogP contribution in [0.3, 0.4) is 0 Å². The van der Waals surface area contributed by atoms with E-state index in [4.69, 9.17) is 26.2 Å². The number of methoxy groups -OCH3 is 1. The van der Waals surface area contributed by atoms with E-state index in [0.29, 0.717) is 22.1 Å². The number of halogens is 1. The fourth-order valence-corrected chi connectivity index (χ4v) is 2.68. The summed E-state index contributed by atoms with van der Waals surface area (Å²) >= 11 is 6.24. The molecular formula is C15H19ClO4. The minimum atomic E-state index is -0.896. The average Bonchev–Trinajstić information content (AvgIpc) is 2.92. The summed E-state index contributed by atoms with van der Waals surface area (Å²) in [6.45, 7) is 1.62. The van der Waals surface area contributed by atoms with E-state index in [-0.39, 0.29) is 6.10 Å². The van der Waals surface area contributed by atoms with Crippen LogP contribution >= 0.6 is 11.6 Å². The van der Waals surface area contributed by atoms with E-state index in [1.807, 2.05) is 0 Å². The van der Waals surface area contributed by atoms with Crippen molar-refractivity contribution >= 4 is 17.6 Å². The third-order valence-electron chi connectivity index (χ3n) is 3.71. The van der Waals surface area contributed by atoms with E-state index in [1.54, 1.807) is 19.1 Å².